The van der Waals surface area contributed by atoms with Crippen LogP contribution in [0.25, 0.3) is 0 Å². The van der Waals surface area contributed by atoms with Crippen LogP contribution in [0.2, 0.25) is 5.15 Å². The van der Waals surface area contributed by atoms with Crippen LogP contribution >= 0.6 is 27.5 Å². The van der Waals surface area contributed by atoms with Gasteiger partial charge in [-0.2, -0.15) is 0 Å². The van der Waals surface area contributed by atoms with Crippen LogP contribution in [0, 0.1) is 5.92 Å². The van der Waals surface area contributed by atoms with E-state index in [1.54, 1.807) is 0 Å². The van der Waals surface area contributed by atoms with E-state index in [1.165, 1.54) is 0 Å². The molecule has 2 rings (SSSR count). The van der Waals surface area contributed by atoms with Gasteiger partial charge in [-0.25, -0.2) is 9.97 Å². The topological polar surface area (TPSA) is 38.2 Å². The first-order valence-corrected chi connectivity index (χ1v) is 7.66. The van der Waals surface area contributed by atoms with Crippen molar-refractivity contribution in [2.75, 3.05) is 26.7 Å². The molecular weight excluding hydrogens is 330 g/mol. The maximum Gasteiger partial charge on any atom is 0.160 e. The summed E-state index contributed by atoms with van der Waals surface area (Å²) in [6.07, 6.45) is 0.786. The SMILES string of the molecule is CC(C)Cc1nc(C2CN(C)CCO2)nc(Cl)c1Br. The van der Waals surface area contributed by atoms with Gasteiger partial charge in [-0.3, -0.25) is 0 Å². The first-order valence-electron chi connectivity index (χ1n) is 6.49. The van der Waals surface area contributed by atoms with Crippen LogP contribution < -0.4 is 0 Å². The molecule has 0 aromatic carbocycles. The van der Waals surface area contributed by atoms with Crippen molar-refractivity contribution < 1.29 is 4.74 Å². The van der Waals surface area contributed by atoms with Crippen molar-refractivity contribution in [2.45, 2.75) is 26.4 Å². The molecule has 0 spiro atoms. The van der Waals surface area contributed by atoms with E-state index < -0.39 is 0 Å². The highest BCUT2D eigenvalue weighted by molar-refractivity contribution is 9.10. The predicted octanol–water partition coefficient (Wildman–Crippen LogP) is 3.09. The average Bonchev–Trinajstić information content (AvgIpc) is 2.34. The summed E-state index contributed by atoms with van der Waals surface area (Å²) in [7, 11) is 2.07. The molecule has 1 aliphatic heterocycles. The van der Waals surface area contributed by atoms with Crippen LogP contribution in [0.4, 0.5) is 0 Å². The zero-order valence-electron chi connectivity index (χ0n) is 11.5. The Morgan fingerprint density at radius 1 is 1.47 bits per heavy atom. The largest absolute Gasteiger partial charge is 0.368 e. The van der Waals surface area contributed by atoms with E-state index in [-0.39, 0.29) is 6.10 Å². The van der Waals surface area contributed by atoms with Crippen molar-refractivity contribution in [3.8, 4) is 0 Å². The molecule has 1 aromatic heterocycles. The van der Waals surface area contributed by atoms with Gasteiger partial charge in [0.15, 0.2) is 5.82 Å². The van der Waals surface area contributed by atoms with Crippen LogP contribution in [-0.4, -0.2) is 41.6 Å². The van der Waals surface area contributed by atoms with Crippen molar-refractivity contribution in [1.29, 1.82) is 0 Å². The van der Waals surface area contributed by atoms with E-state index in [4.69, 9.17) is 16.3 Å². The van der Waals surface area contributed by atoms with Crippen LogP contribution in [0.15, 0.2) is 4.47 Å². The normalized spacial score (nSPS) is 21.1. The molecule has 106 valence electrons. The molecule has 1 fully saturated rings. The summed E-state index contributed by atoms with van der Waals surface area (Å²) in [5, 5.41) is 0.470. The van der Waals surface area contributed by atoms with Gasteiger partial charge in [0.1, 0.15) is 11.3 Å². The molecule has 0 amide bonds. The minimum atomic E-state index is -0.0877. The van der Waals surface area contributed by atoms with E-state index in [0.717, 1.165) is 29.7 Å². The molecule has 4 nitrogen and oxygen atoms in total. The molecular formula is C13H19BrClN3O. The Bertz CT molecular complexity index is 456. The number of halogens is 2. The maximum atomic E-state index is 6.19. The average molecular weight is 349 g/mol. The van der Waals surface area contributed by atoms with Crippen molar-refractivity contribution in [3.63, 3.8) is 0 Å². The van der Waals surface area contributed by atoms with Gasteiger partial charge in [-0.15, -0.1) is 0 Å². The van der Waals surface area contributed by atoms with Gasteiger partial charge < -0.3 is 9.64 Å². The summed E-state index contributed by atoms with van der Waals surface area (Å²) in [5.41, 5.74) is 0.960. The summed E-state index contributed by atoms with van der Waals surface area (Å²) in [6, 6.07) is 0. The van der Waals surface area contributed by atoms with E-state index in [2.05, 4.69) is 51.7 Å². The number of rotatable bonds is 3. The number of nitrogens with zero attached hydrogens (tertiary/aromatic N) is 3. The molecule has 1 saturated heterocycles. The van der Waals surface area contributed by atoms with Crippen LogP contribution in [0.1, 0.15) is 31.5 Å². The second kappa shape index (κ2) is 6.48. The molecule has 0 aliphatic carbocycles. The van der Waals surface area contributed by atoms with Crippen LogP contribution in [0.3, 0.4) is 0 Å². The lowest BCUT2D eigenvalue weighted by Gasteiger charge is -2.29. The number of hydrogen-bond acceptors (Lipinski definition) is 4. The zero-order valence-corrected chi connectivity index (χ0v) is 13.8. The van der Waals surface area contributed by atoms with Crippen molar-refractivity contribution in [2.24, 2.45) is 5.92 Å². The summed E-state index contributed by atoms with van der Waals surface area (Å²) in [5.74, 6) is 1.21. The summed E-state index contributed by atoms with van der Waals surface area (Å²) < 4.78 is 6.55. The smallest absolute Gasteiger partial charge is 0.160 e. The lowest BCUT2D eigenvalue weighted by atomic mass is 10.1. The van der Waals surface area contributed by atoms with Gasteiger partial charge in [0.25, 0.3) is 0 Å². The third-order valence-electron chi connectivity index (χ3n) is 3.06. The van der Waals surface area contributed by atoms with E-state index >= 15 is 0 Å². The molecule has 1 unspecified atom stereocenters. The highest BCUT2D eigenvalue weighted by atomic mass is 79.9. The number of hydrogen-bond donors (Lipinski definition) is 0. The molecule has 1 aromatic rings. The minimum Gasteiger partial charge on any atom is -0.368 e. The molecule has 1 aliphatic rings. The number of morpholine rings is 1. The van der Waals surface area contributed by atoms with Crippen molar-refractivity contribution >= 4 is 27.5 Å². The molecule has 0 bridgehead atoms. The van der Waals surface area contributed by atoms with E-state index in [0.29, 0.717) is 23.5 Å². The maximum absolute atomic E-state index is 6.19. The Morgan fingerprint density at radius 2 is 2.21 bits per heavy atom. The molecule has 0 radical (unpaired) electrons. The minimum absolute atomic E-state index is 0.0877. The molecule has 6 heteroatoms. The Labute approximate surface area is 127 Å². The highest BCUT2D eigenvalue weighted by Crippen LogP contribution is 2.28. The Morgan fingerprint density at radius 3 is 2.84 bits per heavy atom. The summed E-state index contributed by atoms with van der Waals surface area (Å²) in [4.78, 5) is 11.2. The lowest BCUT2D eigenvalue weighted by molar-refractivity contribution is -0.0256. The quantitative estimate of drug-likeness (QED) is 0.787. The van der Waals surface area contributed by atoms with Crippen LogP contribution in [-0.2, 0) is 11.2 Å². The third-order valence-corrected chi connectivity index (χ3v) is 4.39. The number of likely N-dealkylation sites (N-methyl/N-ethyl adjacent to an activating group) is 1. The Balaban J connectivity index is 2.27. The standard InChI is InChI=1S/C13H19BrClN3O/c1-8(2)6-9-11(14)12(15)17-13(16-9)10-7-18(3)4-5-19-10/h8,10H,4-7H2,1-3H3. The van der Waals surface area contributed by atoms with E-state index in [1.807, 2.05) is 0 Å². The molecule has 19 heavy (non-hydrogen) atoms. The number of ether oxygens (including phenoxy) is 1. The van der Waals surface area contributed by atoms with Crippen molar-refractivity contribution in [1.82, 2.24) is 14.9 Å². The van der Waals surface area contributed by atoms with Gasteiger partial charge >= 0.3 is 0 Å². The van der Waals surface area contributed by atoms with Gasteiger partial charge in [0.05, 0.1) is 16.8 Å². The first kappa shape index (κ1) is 15.2. The zero-order chi connectivity index (χ0) is 14.0. The number of aromatic nitrogens is 2. The monoisotopic (exact) mass is 347 g/mol. The molecule has 1 atom stereocenters. The second-order valence-corrected chi connectivity index (χ2v) is 6.50. The third kappa shape index (κ3) is 3.88. The van der Waals surface area contributed by atoms with Gasteiger partial charge in [-0.1, -0.05) is 25.4 Å². The highest BCUT2D eigenvalue weighted by Gasteiger charge is 2.24. The lowest BCUT2D eigenvalue weighted by Crippen LogP contribution is -2.36. The van der Waals surface area contributed by atoms with Gasteiger partial charge in [0.2, 0.25) is 0 Å². The van der Waals surface area contributed by atoms with Crippen LogP contribution in [0.5, 0.6) is 0 Å². The molecule has 2 heterocycles. The van der Waals surface area contributed by atoms with Gasteiger partial charge in [0, 0.05) is 13.1 Å². The van der Waals surface area contributed by atoms with Gasteiger partial charge in [-0.05, 0) is 35.3 Å². The summed E-state index contributed by atoms with van der Waals surface area (Å²) >= 11 is 9.66. The fourth-order valence-electron chi connectivity index (χ4n) is 2.08. The predicted molar refractivity (Wildman–Crippen MR) is 79.5 cm³/mol. The van der Waals surface area contributed by atoms with Crippen molar-refractivity contribution in [3.05, 3.63) is 21.1 Å². The Kier molecular flexibility index (Phi) is 5.17. The fraction of sp³-hybridized carbons (Fsp3) is 0.692. The summed E-state index contributed by atoms with van der Waals surface area (Å²) in [6.45, 7) is 6.77. The molecule has 0 saturated carbocycles. The fourth-order valence-corrected chi connectivity index (χ4v) is 2.62. The van der Waals surface area contributed by atoms with E-state index in [9.17, 15) is 0 Å². The first-order chi connectivity index (χ1) is 8.97. The second-order valence-electron chi connectivity index (χ2n) is 5.35. The molecule has 0 N–H and O–H groups in total. The Hall–Kier alpha value is -0.230.